The lowest BCUT2D eigenvalue weighted by Crippen LogP contribution is -2.33. The van der Waals surface area contributed by atoms with Crippen molar-refractivity contribution in [3.63, 3.8) is 0 Å². The molecule has 6 N–H and O–H groups in total. The highest BCUT2D eigenvalue weighted by atomic mass is 35.5. The van der Waals surface area contributed by atoms with Gasteiger partial charge in [-0.1, -0.05) is 0 Å². The van der Waals surface area contributed by atoms with E-state index in [1.54, 1.807) is 0 Å². The van der Waals surface area contributed by atoms with E-state index in [9.17, 15) is 10.2 Å². The van der Waals surface area contributed by atoms with Crippen molar-refractivity contribution >= 4 is 24.8 Å². The molecule has 0 amide bonds. The first-order valence-electron chi connectivity index (χ1n) is 4.62. The summed E-state index contributed by atoms with van der Waals surface area (Å²) in [6.45, 7) is 0.896. The standard InChI is InChI=1S/C8H18N2O3.2ClH/c9-3-1-5-7(11)8(12)6(13-5)2-4-10;;/h5-8,11-12H,1-4,9-10H2;2*1H/t5-,6-,7-,8-;;/m1../s1. The number of hydrogen-bond acceptors (Lipinski definition) is 5. The summed E-state index contributed by atoms with van der Waals surface area (Å²) >= 11 is 0. The van der Waals surface area contributed by atoms with E-state index in [1.165, 1.54) is 0 Å². The quantitative estimate of drug-likeness (QED) is 0.522. The van der Waals surface area contributed by atoms with Gasteiger partial charge < -0.3 is 26.4 Å². The largest absolute Gasteiger partial charge is 0.388 e. The van der Waals surface area contributed by atoms with Gasteiger partial charge in [-0.05, 0) is 25.9 Å². The third-order valence-corrected chi connectivity index (χ3v) is 2.36. The molecule has 4 atom stereocenters. The number of hydrogen-bond donors (Lipinski definition) is 4. The van der Waals surface area contributed by atoms with Crippen LogP contribution < -0.4 is 11.5 Å². The number of nitrogens with two attached hydrogens (primary N) is 2. The molecule has 0 aromatic carbocycles. The van der Waals surface area contributed by atoms with E-state index in [0.29, 0.717) is 25.9 Å². The maximum Gasteiger partial charge on any atom is 0.109 e. The van der Waals surface area contributed by atoms with Crippen LogP contribution in [0.5, 0.6) is 0 Å². The zero-order valence-corrected chi connectivity index (χ0v) is 10.0. The summed E-state index contributed by atoms with van der Waals surface area (Å²) in [5.41, 5.74) is 10.7. The second-order valence-electron chi connectivity index (χ2n) is 3.35. The van der Waals surface area contributed by atoms with Crippen molar-refractivity contribution in [1.82, 2.24) is 0 Å². The second-order valence-corrected chi connectivity index (χ2v) is 3.35. The Hall–Kier alpha value is 0.380. The molecule has 0 unspecified atom stereocenters. The minimum atomic E-state index is -0.819. The van der Waals surface area contributed by atoms with Crippen LogP contribution in [0.1, 0.15) is 12.8 Å². The minimum Gasteiger partial charge on any atom is -0.388 e. The van der Waals surface area contributed by atoms with E-state index in [2.05, 4.69) is 0 Å². The van der Waals surface area contributed by atoms with Crippen LogP contribution >= 0.6 is 24.8 Å². The average Bonchev–Trinajstić information content (AvgIpc) is 2.36. The topological polar surface area (TPSA) is 102 Å². The van der Waals surface area contributed by atoms with Crippen LogP contribution in [-0.4, -0.2) is 47.7 Å². The van der Waals surface area contributed by atoms with Crippen LogP contribution in [-0.2, 0) is 4.74 Å². The predicted octanol–water partition coefficient (Wildman–Crippen LogP) is -0.983. The summed E-state index contributed by atoms with van der Waals surface area (Å²) in [6.07, 6.45) is -1.17. The van der Waals surface area contributed by atoms with Gasteiger partial charge in [-0.15, -0.1) is 24.8 Å². The van der Waals surface area contributed by atoms with Crippen molar-refractivity contribution < 1.29 is 14.9 Å². The van der Waals surface area contributed by atoms with E-state index >= 15 is 0 Å². The van der Waals surface area contributed by atoms with Crippen molar-refractivity contribution in [3.8, 4) is 0 Å². The fourth-order valence-electron chi connectivity index (χ4n) is 1.63. The molecule has 0 radical (unpaired) electrons. The third kappa shape index (κ3) is 4.40. The molecule has 1 aliphatic heterocycles. The Bertz CT molecular complexity index is 149. The maximum absolute atomic E-state index is 9.51. The zero-order chi connectivity index (χ0) is 9.84. The number of ether oxygens (including phenoxy) is 1. The highest BCUT2D eigenvalue weighted by molar-refractivity contribution is 5.85. The number of rotatable bonds is 4. The zero-order valence-electron chi connectivity index (χ0n) is 8.41. The summed E-state index contributed by atoms with van der Waals surface area (Å²) < 4.78 is 5.41. The second kappa shape index (κ2) is 8.52. The van der Waals surface area contributed by atoms with Gasteiger partial charge in [-0.2, -0.15) is 0 Å². The lowest BCUT2D eigenvalue weighted by Gasteiger charge is -2.12. The normalized spacial score (nSPS) is 34.4. The molecule has 5 nitrogen and oxygen atoms in total. The summed E-state index contributed by atoms with van der Waals surface area (Å²) in [7, 11) is 0. The van der Waals surface area contributed by atoms with Crippen molar-refractivity contribution in [2.24, 2.45) is 11.5 Å². The molecule has 0 saturated carbocycles. The van der Waals surface area contributed by atoms with Gasteiger partial charge in [0.2, 0.25) is 0 Å². The Labute approximate surface area is 102 Å². The van der Waals surface area contributed by atoms with Crippen LogP contribution in [0.2, 0.25) is 0 Å². The Morgan fingerprint density at radius 1 is 0.867 bits per heavy atom. The molecule has 0 spiro atoms. The summed E-state index contributed by atoms with van der Waals surface area (Å²) in [6, 6.07) is 0. The first-order chi connectivity index (χ1) is 6.20. The predicted molar refractivity (Wildman–Crippen MR) is 62.5 cm³/mol. The van der Waals surface area contributed by atoms with E-state index in [4.69, 9.17) is 16.2 Å². The Balaban J connectivity index is 0. The molecule has 15 heavy (non-hydrogen) atoms. The van der Waals surface area contributed by atoms with Crippen LogP contribution in [0.25, 0.3) is 0 Å². The van der Waals surface area contributed by atoms with Crippen LogP contribution in [0.3, 0.4) is 0 Å². The van der Waals surface area contributed by atoms with Crippen molar-refractivity contribution in [2.75, 3.05) is 13.1 Å². The first-order valence-corrected chi connectivity index (χ1v) is 4.62. The van der Waals surface area contributed by atoms with Crippen LogP contribution in [0.4, 0.5) is 0 Å². The molecule has 1 saturated heterocycles. The molecule has 1 heterocycles. The van der Waals surface area contributed by atoms with Gasteiger partial charge in [0, 0.05) is 0 Å². The Morgan fingerprint density at radius 3 is 1.47 bits per heavy atom. The van der Waals surface area contributed by atoms with Gasteiger partial charge in [0.25, 0.3) is 0 Å². The minimum absolute atomic E-state index is 0. The number of aliphatic hydroxyl groups excluding tert-OH is 2. The molecule has 0 aliphatic carbocycles. The molecule has 0 aromatic rings. The Morgan fingerprint density at radius 2 is 1.20 bits per heavy atom. The molecule has 1 rings (SSSR count). The number of aliphatic hydroxyl groups is 2. The van der Waals surface area contributed by atoms with E-state index in [-0.39, 0.29) is 37.0 Å². The highest BCUT2D eigenvalue weighted by Gasteiger charge is 2.41. The van der Waals surface area contributed by atoms with Gasteiger partial charge in [0.15, 0.2) is 0 Å². The summed E-state index contributed by atoms with van der Waals surface area (Å²) in [5, 5.41) is 19.0. The molecular weight excluding hydrogens is 243 g/mol. The van der Waals surface area contributed by atoms with E-state index in [0.717, 1.165) is 0 Å². The lowest BCUT2D eigenvalue weighted by atomic mass is 10.0. The molecule has 7 heteroatoms. The van der Waals surface area contributed by atoms with Gasteiger partial charge in [-0.3, -0.25) is 0 Å². The fraction of sp³-hybridized carbons (Fsp3) is 1.00. The molecule has 1 aliphatic rings. The van der Waals surface area contributed by atoms with Crippen molar-refractivity contribution in [3.05, 3.63) is 0 Å². The average molecular weight is 263 g/mol. The summed E-state index contributed by atoms with van der Waals surface area (Å²) in [4.78, 5) is 0. The molecule has 1 fully saturated rings. The Kier molecular flexibility index (Phi) is 10.1. The van der Waals surface area contributed by atoms with Gasteiger partial charge in [-0.25, -0.2) is 0 Å². The highest BCUT2D eigenvalue weighted by Crippen LogP contribution is 2.24. The number of halogens is 2. The molecule has 94 valence electrons. The summed E-state index contributed by atoms with van der Waals surface area (Å²) in [5.74, 6) is 0. The van der Waals surface area contributed by atoms with Crippen LogP contribution in [0.15, 0.2) is 0 Å². The van der Waals surface area contributed by atoms with E-state index < -0.39 is 12.2 Å². The van der Waals surface area contributed by atoms with Crippen LogP contribution in [0, 0.1) is 0 Å². The molecule has 0 bridgehead atoms. The molecular formula is C8H20Cl2N2O3. The lowest BCUT2D eigenvalue weighted by molar-refractivity contribution is 0.00296. The maximum atomic E-state index is 9.51. The fourth-order valence-corrected chi connectivity index (χ4v) is 1.63. The first kappa shape index (κ1) is 17.8. The van der Waals surface area contributed by atoms with Gasteiger partial charge in [0.1, 0.15) is 12.2 Å². The SMILES string of the molecule is Cl.Cl.NCC[C@H]1O[C@H](CCN)[C@@H](O)[C@@H]1O. The van der Waals surface area contributed by atoms with Crippen molar-refractivity contribution in [1.29, 1.82) is 0 Å². The van der Waals surface area contributed by atoms with E-state index in [1.807, 2.05) is 0 Å². The third-order valence-electron chi connectivity index (χ3n) is 2.36. The smallest absolute Gasteiger partial charge is 0.109 e. The van der Waals surface area contributed by atoms with Gasteiger partial charge in [0.05, 0.1) is 12.2 Å². The molecule has 0 aromatic heterocycles. The monoisotopic (exact) mass is 262 g/mol. The van der Waals surface area contributed by atoms with Gasteiger partial charge >= 0.3 is 0 Å². The van der Waals surface area contributed by atoms with Crippen molar-refractivity contribution in [2.45, 2.75) is 37.3 Å².